The third-order valence-corrected chi connectivity index (χ3v) is 19.0. The first-order chi connectivity index (χ1) is 15.9. The molecular weight excluding hydrogens is 467 g/mol. The van der Waals surface area contributed by atoms with Crippen LogP contribution in [0.15, 0.2) is 0 Å². The van der Waals surface area contributed by atoms with E-state index in [0.717, 1.165) is 12.8 Å². The number of carboxylic acid groups (broad SMARTS) is 1. The molecule has 0 saturated heterocycles. The summed E-state index contributed by atoms with van der Waals surface area (Å²) in [6, 6.07) is 1.53. The van der Waals surface area contributed by atoms with Gasteiger partial charge in [-0.05, 0) is 98.3 Å². The van der Waals surface area contributed by atoms with Gasteiger partial charge in [-0.2, -0.15) is 0 Å². The number of hydrogen-bond donors (Lipinski definition) is 1. The van der Waals surface area contributed by atoms with E-state index >= 15 is 0 Å². The van der Waals surface area contributed by atoms with E-state index in [0.29, 0.717) is 41.9 Å². The van der Waals surface area contributed by atoms with Gasteiger partial charge in [0.05, 0.1) is 13.5 Å². The third kappa shape index (κ3) is 5.32. The molecule has 6 heteroatoms. The zero-order chi connectivity index (χ0) is 27.3. The molecule has 206 valence electrons. The highest BCUT2D eigenvalue weighted by molar-refractivity contribution is 7.59. The molecule has 0 radical (unpaired) electrons. The maximum absolute atomic E-state index is 13.7. The first kappa shape index (κ1) is 31.3. The van der Waals surface area contributed by atoms with Crippen LogP contribution in [-0.2, 0) is 4.79 Å². The first-order valence-electron chi connectivity index (χ1n) is 14.5. The highest BCUT2D eigenvalue weighted by Gasteiger charge is 2.84. The third-order valence-electron chi connectivity index (χ3n) is 9.32. The molecule has 2 rings (SSSR count). The Kier molecular flexibility index (Phi) is 9.85. The molecule has 0 bridgehead atoms. The Labute approximate surface area is 220 Å². The molecule has 2 aliphatic rings. The average molecular weight is 527 g/mol. The molecule has 2 fully saturated rings. The van der Waals surface area contributed by atoms with E-state index in [1.165, 1.54) is 12.8 Å². The molecule has 0 aromatic heterocycles. The van der Waals surface area contributed by atoms with Gasteiger partial charge in [0.15, 0.2) is 0 Å². The normalized spacial score (nSPS) is 32.3. The minimum atomic E-state index is -1.95. The van der Waals surface area contributed by atoms with Crippen LogP contribution in [0.25, 0.3) is 0 Å². The summed E-state index contributed by atoms with van der Waals surface area (Å²) in [5.74, 6) is 1.46. The zero-order valence-corrected chi connectivity index (χ0v) is 27.5. The number of aliphatic carboxylic acids is 1. The van der Waals surface area contributed by atoms with Crippen molar-refractivity contribution < 1.29 is 9.90 Å². The molecule has 0 spiro atoms. The van der Waals surface area contributed by atoms with Crippen molar-refractivity contribution >= 4 is 22.3 Å². The van der Waals surface area contributed by atoms with Gasteiger partial charge in [0.25, 0.3) is 0 Å². The summed E-state index contributed by atoms with van der Waals surface area (Å²) in [7, 11) is -2.77. The molecule has 0 aromatic carbocycles. The minimum absolute atomic E-state index is 0.126. The fraction of sp³-hybridized carbons (Fsp3) is 0.966. The summed E-state index contributed by atoms with van der Waals surface area (Å²) in [6.45, 7) is 33.1. The number of carboxylic acids is 1. The number of hydrogen-bond acceptors (Lipinski definition) is 3. The van der Waals surface area contributed by atoms with Gasteiger partial charge < -0.3 is 5.11 Å². The van der Waals surface area contributed by atoms with Crippen molar-refractivity contribution in [1.82, 2.24) is 9.34 Å². The quantitative estimate of drug-likeness (QED) is 0.217. The molecule has 4 nitrogen and oxygen atoms in total. The van der Waals surface area contributed by atoms with E-state index in [1.807, 2.05) is 0 Å². The number of carbonyl (C=O) groups is 1. The van der Waals surface area contributed by atoms with Crippen LogP contribution in [0.5, 0.6) is 0 Å². The highest BCUT2D eigenvalue weighted by Crippen LogP contribution is 2.84. The van der Waals surface area contributed by atoms with Gasteiger partial charge in [-0.1, -0.05) is 46.8 Å². The summed E-state index contributed by atoms with van der Waals surface area (Å²) in [4.78, 5) is 13.7. The van der Waals surface area contributed by atoms with E-state index in [4.69, 9.17) is 0 Å². The Balaban J connectivity index is 2.91. The Hall–Kier alpha value is 0.0369. The van der Waals surface area contributed by atoms with Crippen LogP contribution in [0.4, 0.5) is 0 Å². The average Bonchev–Trinajstić information content (AvgIpc) is 3.38. The molecule has 35 heavy (non-hydrogen) atoms. The number of rotatable bonds is 11. The second-order valence-electron chi connectivity index (χ2n) is 14.4. The van der Waals surface area contributed by atoms with Crippen LogP contribution >= 0.6 is 8.22 Å². The fourth-order valence-electron chi connectivity index (χ4n) is 8.04. The maximum Gasteiger partial charge on any atom is 0.310 e. The largest absolute Gasteiger partial charge is 0.481 e. The van der Waals surface area contributed by atoms with Gasteiger partial charge in [0, 0.05) is 37.2 Å². The molecule has 2 saturated carbocycles. The van der Waals surface area contributed by atoms with Gasteiger partial charge >= 0.3 is 5.97 Å². The first-order valence-corrected chi connectivity index (χ1v) is 19.2. The lowest BCUT2D eigenvalue weighted by atomic mass is 9.64. The van der Waals surface area contributed by atoms with Crippen LogP contribution in [0, 0.1) is 29.1 Å². The Morgan fingerprint density at radius 2 is 1.29 bits per heavy atom. The predicted molar refractivity (Wildman–Crippen MR) is 157 cm³/mol. The summed E-state index contributed by atoms with van der Waals surface area (Å²) < 4.78 is 5.39. The molecule has 1 N–H and O–H groups in total. The molecule has 0 heterocycles. The van der Waals surface area contributed by atoms with Crippen LogP contribution in [0.3, 0.4) is 0 Å². The second-order valence-corrected chi connectivity index (χ2v) is 22.5. The number of nitrogens with zero attached hydrogens (tertiary/aromatic N) is 2. The molecular formula is C29H59N2O2PSi. The summed E-state index contributed by atoms with van der Waals surface area (Å²) in [5.41, 5.74) is -0.600. The SMILES string of the molecule is CC(C)[C@@H]1CC[C@@H](C)C[C@H]1[C@]1(C(=O)O)C[C@@]1(P(N(C(C)C)C(C)C)N(C(C)C)C(C)C)[Si](C)(C)C. The van der Waals surface area contributed by atoms with E-state index in [9.17, 15) is 9.90 Å². The van der Waals surface area contributed by atoms with E-state index < -0.39 is 27.7 Å². The van der Waals surface area contributed by atoms with Gasteiger partial charge in [-0.3, -0.25) is 14.1 Å². The van der Waals surface area contributed by atoms with Crippen LogP contribution in [0.1, 0.15) is 102 Å². The van der Waals surface area contributed by atoms with Crippen molar-refractivity contribution in [2.75, 3.05) is 0 Å². The van der Waals surface area contributed by atoms with Crippen LogP contribution in [0.2, 0.25) is 19.6 Å². The second kappa shape index (κ2) is 11.0. The Morgan fingerprint density at radius 1 is 0.857 bits per heavy atom. The summed E-state index contributed by atoms with van der Waals surface area (Å²) in [6.07, 6.45) is 4.40. The van der Waals surface area contributed by atoms with Crippen LogP contribution < -0.4 is 0 Å². The molecule has 0 unspecified atom stereocenters. The highest BCUT2D eigenvalue weighted by atomic mass is 31.1. The Bertz CT molecular complexity index is 699. The fourth-order valence-corrected chi connectivity index (χ4v) is 17.4. The maximum atomic E-state index is 13.7. The topological polar surface area (TPSA) is 43.8 Å². The van der Waals surface area contributed by atoms with Crippen molar-refractivity contribution in [3.05, 3.63) is 0 Å². The lowest BCUT2D eigenvalue weighted by Crippen LogP contribution is -2.57. The lowest BCUT2D eigenvalue weighted by Gasteiger charge is -2.56. The molecule has 0 aromatic rings. The van der Waals surface area contributed by atoms with Gasteiger partial charge in [-0.15, -0.1) is 0 Å². The van der Waals surface area contributed by atoms with E-state index in [2.05, 4.69) is 105 Å². The van der Waals surface area contributed by atoms with Gasteiger partial charge in [0.2, 0.25) is 0 Å². The predicted octanol–water partition coefficient (Wildman–Crippen LogP) is 8.34. The van der Waals surface area contributed by atoms with Gasteiger partial charge in [0.1, 0.15) is 0 Å². The molecule has 2 aliphatic carbocycles. The van der Waals surface area contributed by atoms with E-state index in [1.54, 1.807) is 0 Å². The monoisotopic (exact) mass is 526 g/mol. The summed E-state index contributed by atoms with van der Waals surface area (Å²) in [5, 5.41) is 11.3. The van der Waals surface area contributed by atoms with Crippen molar-refractivity contribution in [2.24, 2.45) is 29.1 Å². The standard InChI is InChI=1S/C29H59N2O2PSi/c1-19(2)25-16-15-24(11)17-26(25)28(27(32)33)18-29(28,35(12,13)14)34(30(20(3)4)21(5)6)31(22(7)8)23(9)10/h19-26H,15-18H2,1-14H3,(H,32,33)/t24-,25+,26-,28+,29-/m1/s1. The van der Waals surface area contributed by atoms with Crippen molar-refractivity contribution in [3.8, 4) is 0 Å². The van der Waals surface area contributed by atoms with E-state index in [-0.39, 0.29) is 10.7 Å². The minimum Gasteiger partial charge on any atom is -0.481 e. The molecule has 0 amide bonds. The molecule has 0 aliphatic heterocycles. The lowest BCUT2D eigenvalue weighted by molar-refractivity contribution is -0.148. The summed E-state index contributed by atoms with van der Waals surface area (Å²) >= 11 is 0. The smallest absolute Gasteiger partial charge is 0.310 e. The van der Waals surface area contributed by atoms with Crippen molar-refractivity contribution in [1.29, 1.82) is 0 Å². The van der Waals surface area contributed by atoms with Crippen LogP contribution in [-0.4, -0.2) is 57.4 Å². The molecule has 5 atom stereocenters. The zero-order valence-electron chi connectivity index (χ0n) is 25.6. The van der Waals surface area contributed by atoms with Crippen molar-refractivity contribution in [3.63, 3.8) is 0 Å². The van der Waals surface area contributed by atoms with Gasteiger partial charge in [-0.25, -0.2) is 0 Å². The Morgan fingerprint density at radius 3 is 1.60 bits per heavy atom. The van der Waals surface area contributed by atoms with Crippen molar-refractivity contribution in [2.45, 2.75) is 150 Å².